The van der Waals surface area contributed by atoms with Gasteiger partial charge in [0.2, 0.25) is 0 Å². The topological polar surface area (TPSA) is 52.5 Å². The van der Waals surface area contributed by atoms with Crippen LogP contribution < -0.4 is 5.32 Å². The maximum atomic E-state index is 9.97. The van der Waals surface area contributed by atoms with Gasteiger partial charge in [-0.15, -0.1) is 0 Å². The van der Waals surface area contributed by atoms with E-state index < -0.39 is 5.60 Å². The second-order valence-corrected chi connectivity index (χ2v) is 6.14. The minimum atomic E-state index is -0.780. The molecule has 0 aliphatic carbocycles. The Labute approximate surface area is 121 Å². The molecule has 0 heterocycles. The van der Waals surface area contributed by atoms with Gasteiger partial charge < -0.3 is 15.5 Å². The number of nitrogens with one attached hydrogen (secondary N) is 1. The standard InChI is InChI=1S/C12H17Cl2NO2S/c1-12(17,7-18-2)6-15-5-8-3-9(13)4-10(14)11(8)16/h3-4,15-17H,5-7H2,1-2H3. The quantitative estimate of drug-likeness (QED) is 0.756. The molecule has 0 fully saturated rings. The van der Waals surface area contributed by atoms with Crippen LogP contribution in [0.5, 0.6) is 5.75 Å². The predicted octanol–water partition coefficient (Wildman–Crippen LogP) is 2.90. The van der Waals surface area contributed by atoms with Crippen molar-refractivity contribution in [2.75, 3.05) is 18.6 Å². The van der Waals surface area contributed by atoms with Crippen LogP contribution in [-0.4, -0.2) is 34.4 Å². The number of aromatic hydroxyl groups is 1. The van der Waals surface area contributed by atoms with Crippen molar-refractivity contribution in [3.8, 4) is 5.75 Å². The summed E-state index contributed by atoms with van der Waals surface area (Å²) in [7, 11) is 0. The van der Waals surface area contributed by atoms with Gasteiger partial charge in [0, 0.05) is 29.4 Å². The highest BCUT2D eigenvalue weighted by Crippen LogP contribution is 2.31. The molecule has 6 heteroatoms. The lowest BCUT2D eigenvalue weighted by Gasteiger charge is -2.22. The highest BCUT2D eigenvalue weighted by Gasteiger charge is 2.19. The van der Waals surface area contributed by atoms with Gasteiger partial charge >= 0.3 is 0 Å². The lowest BCUT2D eigenvalue weighted by molar-refractivity contribution is 0.0845. The predicted molar refractivity (Wildman–Crippen MR) is 78.8 cm³/mol. The van der Waals surface area contributed by atoms with Crippen LogP contribution >= 0.6 is 35.0 Å². The first-order valence-electron chi connectivity index (χ1n) is 5.44. The third-order valence-corrected chi connectivity index (χ3v) is 3.80. The first-order chi connectivity index (χ1) is 8.35. The Morgan fingerprint density at radius 3 is 2.67 bits per heavy atom. The van der Waals surface area contributed by atoms with Gasteiger partial charge in [0.05, 0.1) is 10.6 Å². The third kappa shape index (κ3) is 4.86. The average Bonchev–Trinajstić information content (AvgIpc) is 2.24. The number of hydrogen-bond donors (Lipinski definition) is 3. The summed E-state index contributed by atoms with van der Waals surface area (Å²) in [5, 5.41) is 23.5. The summed E-state index contributed by atoms with van der Waals surface area (Å²) in [6.45, 7) is 2.59. The second-order valence-electron chi connectivity index (χ2n) is 4.43. The zero-order chi connectivity index (χ0) is 13.8. The Morgan fingerprint density at radius 1 is 1.39 bits per heavy atom. The lowest BCUT2D eigenvalue weighted by atomic mass is 10.1. The van der Waals surface area contributed by atoms with Crippen LogP contribution in [0.2, 0.25) is 10.0 Å². The zero-order valence-electron chi connectivity index (χ0n) is 10.3. The molecule has 0 saturated carbocycles. The van der Waals surface area contributed by atoms with Crippen molar-refractivity contribution in [3.05, 3.63) is 27.7 Å². The van der Waals surface area contributed by atoms with Crippen LogP contribution in [-0.2, 0) is 6.54 Å². The number of hydrogen-bond acceptors (Lipinski definition) is 4. The van der Waals surface area contributed by atoms with Gasteiger partial charge in [-0.25, -0.2) is 0 Å². The fourth-order valence-electron chi connectivity index (χ4n) is 1.58. The van der Waals surface area contributed by atoms with Gasteiger partial charge in [-0.3, -0.25) is 0 Å². The van der Waals surface area contributed by atoms with Crippen molar-refractivity contribution in [3.63, 3.8) is 0 Å². The Balaban J connectivity index is 2.59. The molecule has 0 aliphatic rings. The molecule has 18 heavy (non-hydrogen) atoms. The van der Waals surface area contributed by atoms with Crippen LogP contribution in [0, 0.1) is 0 Å². The summed E-state index contributed by atoms with van der Waals surface area (Å²) in [6.07, 6.45) is 1.94. The molecule has 1 atom stereocenters. The molecule has 0 amide bonds. The lowest BCUT2D eigenvalue weighted by Crippen LogP contribution is -2.39. The third-order valence-electron chi connectivity index (χ3n) is 2.38. The molecule has 0 saturated heterocycles. The maximum Gasteiger partial charge on any atom is 0.138 e. The summed E-state index contributed by atoms with van der Waals surface area (Å²) in [5.41, 5.74) is -0.162. The van der Waals surface area contributed by atoms with E-state index in [-0.39, 0.29) is 10.8 Å². The van der Waals surface area contributed by atoms with E-state index in [0.29, 0.717) is 29.4 Å². The molecular weight excluding hydrogens is 293 g/mol. The summed E-state index contributed by atoms with van der Waals surface area (Å²) in [4.78, 5) is 0. The van der Waals surface area contributed by atoms with Crippen molar-refractivity contribution in [1.29, 1.82) is 0 Å². The van der Waals surface area contributed by atoms with Gasteiger partial charge in [0.15, 0.2) is 0 Å². The molecule has 1 aromatic rings. The van der Waals surface area contributed by atoms with E-state index in [4.69, 9.17) is 23.2 Å². The molecule has 0 radical (unpaired) electrons. The van der Waals surface area contributed by atoms with Gasteiger partial charge in [-0.2, -0.15) is 11.8 Å². The number of halogens is 2. The fourth-order valence-corrected chi connectivity index (χ4v) is 2.84. The molecule has 0 aromatic heterocycles. The van der Waals surface area contributed by atoms with E-state index in [1.807, 2.05) is 6.26 Å². The molecule has 0 bridgehead atoms. The number of phenolic OH excluding ortho intramolecular Hbond substituents is 1. The van der Waals surface area contributed by atoms with Crippen LogP contribution in [0.25, 0.3) is 0 Å². The monoisotopic (exact) mass is 309 g/mol. The number of aliphatic hydroxyl groups is 1. The maximum absolute atomic E-state index is 9.97. The van der Waals surface area contributed by atoms with Gasteiger partial charge in [-0.1, -0.05) is 23.2 Å². The number of thioether (sulfide) groups is 1. The molecule has 102 valence electrons. The molecule has 0 spiro atoms. The number of phenols is 1. The van der Waals surface area contributed by atoms with E-state index in [0.717, 1.165) is 0 Å². The second kappa shape index (κ2) is 6.87. The van der Waals surface area contributed by atoms with Crippen molar-refractivity contribution >= 4 is 35.0 Å². The van der Waals surface area contributed by atoms with Crippen LogP contribution in [0.3, 0.4) is 0 Å². The molecular formula is C12H17Cl2NO2S. The molecule has 0 aliphatic heterocycles. The highest BCUT2D eigenvalue weighted by atomic mass is 35.5. The Bertz CT molecular complexity index is 413. The van der Waals surface area contributed by atoms with E-state index >= 15 is 0 Å². The van der Waals surface area contributed by atoms with Crippen molar-refractivity contribution in [1.82, 2.24) is 5.32 Å². The highest BCUT2D eigenvalue weighted by molar-refractivity contribution is 7.98. The Morgan fingerprint density at radius 2 is 2.06 bits per heavy atom. The van der Waals surface area contributed by atoms with Crippen LogP contribution in [0.15, 0.2) is 12.1 Å². The normalized spacial score (nSPS) is 14.5. The minimum Gasteiger partial charge on any atom is -0.506 e. The first-order valence-corrected chi connectivity index (χ1v) is 7.59. The SMILES string of the molecule is CSCC(C)(O)CNCc1cc(Cl)cc(Cl)c1O. The van der Waals surface area contributed by atoms with Gasteiger partial charge in [0.25, 0.3) is 0 Å². The van der Waals surface area contributed by atoms with E-state index in [9.17, 15) is 10.2 Å². The minimum absolute atomic E-state index is 0.0260. The van der Waals surface area contributed by atoms with Crippen molar-refractivity contribution in [2.45, 2.75) is 19.1 Å². The van der Waals surface area contributed by atoms with Crippen molar-refractivity contribution < 1.29 is 10.2 Å². The molecule has 3 N–H and O–H groups in total. The molecule has 3 nitrogen and oxygen atoms in total. The van der Waals surface area contributed by atoms with Gasteiger partial charge in [0.1, 0.15) is 5.75 Å². The molecule has 1 rings (SSSR count). The van der Waals surface area contributed by atoms with Crippen molar-refractivity contribution in [2.24, 2.45) is 0 Å². The van der Waals surface area contributed by atoms with E-state index in [2.05, 4.69) is 5.32 Å². The van der Waals surface area contributed by atoms with Crippen LogP contribution in [0.1, 0.15) is 12.5 Å². The Hall–Kier alpha value is -0.130. The molecule has 1 unspecified atom stereocenters. The fraction of sp³-hybridized carbons (Fsp3) is 0.500. The summed E-state index contributed by atoms with van der Waals surface area (Å²) < 4.78 is 0. The zero-order valence-corrected chi connectivity index (χ0v) is 12.7. The summed E-state index contributed by atoms with van der Waals surface area (Å²) in [6, 6.07) is 3.14. The summed E-state index contributed by atoms with van der Waals surface area (Å²) >= 11 is 13.3. The van der Waals surface area contributed by atoms with Gasteiger partial charge in [-0.05, 0) is 25.3 Å². The van der Waals surface area contributed by atoms with E-state index in [1.165, 1.54) is 6.07 Å². The van der Waals surface area contributed by atoms with E-state index in [1.54, 1.807) is 24.8 Å². The molecule has 1 aromatic carbocycles. The smallest absolute Gasteiger partial charge is 0.138 e. The number of rotatable bonds is 6. The Kier molecular flexibility index (Phi) is 6.08. The summed E-state index contributed by atoms with van der Waals surface area (Å²) in [5.74, 6) is 0.667. The first kappa shape index (κ1) is 15.9. The number of benzene rings is 1. The van der Waals surface area contributed by atoms with Crippen LogP contribution in [0.4, 0.5) is 0 Å². The average molecular weight is 310 g/mol. The largest absolute Gasteiger partial charge is 0.506 e.